The summed E-state index contributed by atoms with van der Waals surface area (Å²) in [6, 6.07) is 65.0. The third kappa shape index (κ3) is 5.45. The standard InChI is InChI=1S/C53H46N2/c1-36-30-41-31-42-34-53(33-36,35-50(41)42)43-24-28-46(29-25-43)54(44-11-3-2-4-12-44)45-26-22-38(23-27-45)37-18-20-39(21-19-37)40-10-9-13-47(32-40)55-51-16-7-5-14-48(51)49-15-6-8-17-52(49)55/h2-29,32,36,41-42,50H,30-31,33-35H2,1H3/t36-,41-,42-,50?,53?/m0/s1. The van der Waals surface area contributed by atoms with E-state index >= 15 is 0 Å². The first-order chi connectivity index (χ1) is 27.1. The van der Waals surface area contributed by atoms with Crippen molar-refractivity contribution in [2.75, 3.05) is 4.90 Å². The molecule has 3 aliphatic carbocycles. The van der Waals surface area contributed by atoms with Gasteiger partial charge in [-0.2, -0.15) is 0 Å². The summed E-state index contributed by atoms with van der Waals surface area (Å²) in [5, 5.41) is 2.57. The molecule has 55 heavy (non-hydrogen) atoms. The fourth-order valence-corrected chi connectivity index (χ4v) is 11.3. The van der Waals surface area contributed by atoms with Crippen LogP contribution in [-0.4, -0.2) is 4.57 Å². The van der Waals surface area contributed by atoms with Crippen LogP contribution in [-0.2, 0) is 5.41 Å². The highest BCUT2D eigenvalue weighted by Crippen LogP contribution is 2.65. The highest BCUT2D eigenvalue weighted by molar-refractivity contribution is 6.09. The van der Waals surface area contributed by atoms with Gasteiger partial charge in [-0.25, -0.2) is 0 Å². The number of para-hydroxylation sites is 3. The average molecular weight is 711 g/mol. The van der Waals surface area contributed by atoms with Crippen LogP contribution in [0.1, 0.15) is 44.6 Å². The van der Waals surface area contributed by atoms with Crippen molar-refractivity contribution < 1.29 is 0 Å². The molecule has 5 atom stereocenters. The van der Waals surface area contributed by atoms with Crippen molar-refractivity contribution in [1.82, 2.24) is 4.57 Å². The van der Waals surface area contributed by atoms with Crippen LogP contribution in [0.2, 0.25) is 0 Å². The maximum absolute atomic E-state index is 2.51. The van der Waals surface area contributed by atoms with Gasteiger partial charge in [0.25, 0.3) is 0 Å². The van der Waals surface area contributed by atoms with Gasteiger partial charge in [0.05, 0.1) is 11.0 Å². The Kier molecular flexibility index (Phi) is 7.62. The Balaban J connectivity index is 0.873. The fraction of sp³-hybridized carbons (Fsp3) is 0.208. The summed E-state index contributed by atoms with van der Waals surface area (Å²) in [5.41, 5.74) is 14.0. The van der Waals surface area contributed by atoms with Crippen LogP contribution in [0.15, 0.2) is 176 Å². The highest BCUT2D eigenvalue weighted by Gasteiger charge is 2.57. The van der Waals surface area contributed by atoms with Crippen LogP contribution in [0.3, 0.4) is 0 Å². The summed E-state index contributed by atoms with van der Waals surface area (Å²) in [6.07, 6.45) is 7.09. The Morgan fingerprint density at radius 1 is 0.473 bits per heavy atom. The van der Waals surface area contributed by atoms with Crippen LogP contribution >= 0.6 is 0 Å². The van der Waals surface area contributed by atoms with Crippen molar-refractivity contribution in [3.05, 3.63) is 181 Å². The molecule has 0 N–H and O–H groups in total. The van der Waals surface area contributed by atoms with Gasteiger partial charge in [0, 0.05) is 33.5 Å². The van der Waals surface area contributed by atoms with E-state index < -0.39 is 0 Å². The van der Waals surface area contributed by atoms with Crippen LogP contribution in [0.5, 0.6) is 0 Å². The number of rotatable bonds is 7. The van der Waals surface area contributed by atoms with Gasteiger partial charge in [0.1, 0.15) is 0 Å². The summed E-state index contributed by atoms with van der Waals surface area (Å²) >= 11 is 0. The number of benzene rings is 7. The Morgan fingerprint density at radius 3 is 1.71 bits per heavy atom. The molecule has 0 aliphatic heterocycles. The normalized spacial score (nSPS) is 22.7. The van der Waals surface area contributed by atoms with E-state index in [9.17, 15) is 0 Å². The van der Waals surface area contributed by atoms with Gasteiger partial charge in [-0.3, -0.25) is 0 Å². The van der Waals surface area contributed by atoms with E-state index in [0.29, 0.717) is 5.41 Å². The lowest BCUT2D eigenvalue weighted by molar-refractivity contribution is 0.0780. The van der Waals surface area contributed by atoms with Crippen molar-refractivity contribution in [3.8, 4) is 27.9 Å². The molecule has 2 nitrogen and oxygen atoms in total. The van der Waals surface area contributed by atoms with Gasteiger partial charge in [-0.1, -0.05) is 122 Å². The van der Waals surface area contributed by atoms with Gasteiger partial charge in [0.2, 0.25) is 0 Å². The van der Waals surface area contributed by atoms with E-state index in [0.717, 1.165) is 23.7 Å². The lowest BCUT2D eigenvalue weighted by Gasteiger charge is -2.42. The zero-order chi connectivity index (χ0) is 36.5. The van der Waals surface area contributed by atoms with Crippen molar-refractivity contribution in [2.45, 2.75) is 44.4 Å². The number of nitrogens with zero attached hydrogens (tertiary/aromatic N) is 2. The van der Waals surface area contributed by atoms with E-state index in [2.05, 4.69) is 192 Å². The number of aromatic nitrogens is 1. The summed E-state index contributed by atoms with van der Waals surface area (Å²) in [7, 11) is 0. The first-order valence-electron chi connectivity index (χ1n) is 20.4. The maximum Gasteiger partial charge on any atom is 0.0541 e. The Hall–Kier alpha value is -5.86. The molecule has 11 rings (SSSR count). The largest absolute Gasteiger partial charge is 0.311 e. The van der Waals surface area contributed by atoms with Gasteiger partial charge >= 0.3 is 0 Å². The second-order valence-electron chi connectivity index (χ2n) is 16.9. The van der Waals surface area contributed by atoms with E-state index in [1.165, 1.54) is 98.9 Å². The predicted molar refractivity (Wildman–Crippen MR) is 231 cm³/mol. The molecule has 0 amide bonds. The number of hydrogen-bond acceptors (Lipinski definition) is 1. The first kappa shape index (κ1) is 32.6. The van der Waals surface area contributed by atoms with E-state index in [-0.39, 0.29) is 0 Å². The summed E-state index contributed by atoms with van der Waals surface area (Å²) in [5.74, 6) is 3.77. The van der Waals surface area contributed by atoms with Crippen LogP contribution in [0.4, 0.5) is 17.1 Å². The van der Waals surface area contributed by atoms with E-state index in [4.69, 9.17) is 0 Å². The Morgan fingerprint density at radius 2 is 1.04 bits per heavy atom. The SMILES string of the molecule is C[C@H]1C[C@H]2C[C@H]3CC(c4ccc(N(c5ccccc5)c5ccc(-c6ccc(-c7cccc(-n8c9ccccc9c9ccccc98)c7)cc6)cc5)cc4)(CC23)C1. The lowest BCUT2D eigenvalue weighted by atomic mass is 9.63. The minimum Gasteiger partial charge on any atom is -0.311 e. The summed E-state index contributed by atoms with van der Waals surface area (Å²) < 4.78 is 2.39. The zero-order valence-corrected chi connectivity index (χ0v) is 31.5. The molecule has 0 spiro atoms. The number of hydrogen-bond donors (Lipinski definition) is 0. The van der Waals surface area contributed by atoms with Crippen LogP contribution < -0.4 is 4.90 Å². The molecule has 2 heteroatoms. The van der Waals surface area contributed by atoms with Gasteiger partial charge in [0.15, 0.2) is 0 Å². The highest BCUT2D eigenvalue weighted by atomic mass is 15.1. The quantitative estimate of drug-likeness (QED) is 0.160. The van der Waals surface area contributed by atoms with Crippen molar-refractivity contribution in [1.29, 1.82) is 0 Å². The monoisotopic (exact) mass is 710 g/mol. The Bertz CT molecular complexity index is 2600. The van der Waals surface area contributed by atoms with Gasteiger partial charge < -0.3 is 9.47 Å². The second kappa shape index (κ2) is 12.9. The molecule has 0 saturated heterocycles. The smallest absolute Gasteiger partial charge is 0.0541 e. The molecule has 7 aromatic carbocycles. The third-order valence-electron chi connectivity index (χ3n) is 13.7. The van der Waals surface area contributed by atoms with Crippen molar-refractivity contribution in [3.63, 3.8) is 0 Å². The molecule has 3 saturated carbocycles. The first-order valence-corrected chi connectivity index (χ1v) is 20.4. The second-order valence-corrected chi connectivity index (χ2v) is 16.9. The van der Waals surface area contributed by atoms with Crippen molar-refractivity contribution >= 4 is 38.9 Å². The van der Waals surface area contributed by atoms with Gasteiger partial charge in [-0.05, 0) is 150 Å². The molecular weight excluding hydrogens is 665 g/mol. The molecule has 1 aromatic heterocycles. The molecule has 268 valence electrons. The van der Waals surface area contributed by atoms with E-state index in [1.807, 2.05) is 0 Å². The predicted octanol–water partition coefficient (Wildman–Crippen LogP) is 14.3. The zero-order valence-electron chi connectivity index (χ0n) is 31.5. The van der Waals surface area contributed by atoms with Gasteiger partial charge in [-0.15, -0.1) is 0 Å². The van der Waals surface area contributed by atoms with Crippen LogP contribution in [0.25, 0.3) is 49.7 Å². The van der Waals surface area contributed by atoms with Crippen molar-refractivity contribution in [2.24, 2.45) is 23.7 Å². The molecule has 8 aromatic rings. The minimum atomic E-state index is 0.377. The Labute approximate surface area is 324 Å². The maximum atomic E-state index is 2.51. The summed E-state index contributed by atoms with van der Waals surface area (Å²) in [6.45, 7) is 2.51. The molecule has 3 fully saturated rings. The topological polar surface area (TPSA) is 8.17 Å². The molecule has 3 aliphatic rings. The summed E-state index contributed by atoms with van der Waals surface area (Å²) in [4.78, 5) is 2.41. The lowest BCUT2D eigenvalue weighted by Crippen LogP contribution is -2.34. The van der Waals surface area contributed by atoms with E-state index in [1.54, 1.807) is 5.56 Å². The molecule has 2 bridgehead atoms. The molecular formula is C53H46N2. The third-order valence-corrected chi connectivity index (χ3v) is 13.7. The molecule has 0 radical (unpaired) electrons. The minimum absolute atomic E-state index is 0.377. The number of fused-ring (bicyclic) bond motifs is 4. The molecule has 2 unspecified atom stereocenters. The molecule has 1 heterocycles. The fourth-order valence-electron chi connectivity index (χ4n) is 11.3. The number of anilines is 3. The average Bonchev–Trinajstić information content (AvgIpc) is 3.69. The van der Waals surface area contributed by atoms with Crippen LogP contribution in [0, 0.1) is 23.7 Å².